The van der Waals surface area contributed by atoms with Crippen molar-refractivity contribution in [1.29, 1.82) is 0 Å². The van der Waals surface area contributed by atoms with Crippen molar-refractivity contribution in [2.24, 2.45) is 5.92 Å². The molecule has 2 aromatic carbocycles. The number of ether oxygens (including phenoxy) is 2. The highest BCUT2D eigenvalue weighted by atomic mass is 79.9. The number of hydrogen-bond acceptors (Lipinski definition) is 4. The largest absolute Gasteiger partial charge is 0.492 e. The highest BCUT2D eigenvalue weighted by Crippen LogP contribution is 2.27. The highest BCUT2D eigenvalue weighted by molar-refractivity contribution is 9.10. The van der Waals surface area contributed by atoms with Gasteiger partial charge in [0.25, 0.3) is 11.8 Å². The third kappa shape index (κ3) is 7.08. The first kappa shape index (κ1) is 23.3. The average molecular weight is 489 g/mol. The quantitative estimate of drug-likeness (QED) is 0.518. The molecular formula is C24H29BrN2O4. The summed E-state index contributed by atoms with van der Waals surface area (Å²) in [6.45, 7) is 6.21. The van der Waals surface area contributed by atoms with Crippen LogP contribution >= 0.6 is 15.9 Å². The Morgan fingerprint density at radius 3 is 2.52 bits per heavy atom. The van der Waals surface area contributed by atoms with E-state index in [0.717, 1.165) is 36.1 Å². The smallest absolute Gasteiger partial charge is 0.255 e. The third-order valence-electron chi connectivity index (χ3n) is 5.07. The van der Waals surface area contributed by atoms with Crippen LogP contribution in [0.5, 0.6) is 5.75 Å². The van der Waals surface area contributed by atoms with Crippen LogP contribution in [0.1, 0.15) is 53.8 Å². The fraction of sp³-hybridized carbons (Fsp3) is 0.417. The van der Waals surface area contributed by atoms with Crippen LogP contribution in [-0.4, -0.2) is 37.7 Å². The number of rotatable bonds is 9. The number of amides is 2. The summed E-state index contributed by atoms with van der Waals surface area (Å²) in [6.07, 6.45) is 3.09. The topological polar surface area (TPSA) is 76.7 Å². The number of carbonyl (C=O) groups is 2. The van der Waals surface area contributed by atoms with Gasteiger partial charge in [-0.15, -0.1) is 0 Å². The van der Waals surface area contributed by atoms with Gasteiger partial charge in [0.1, 0.15) is 5.75 Å². The zero-order valence-corrected chi connectivity index (χ0v) is 19.5. The van der Waals surface area contributed by atoms with E-state index in [2.05, 4.69) is 40.4 Å². The lowest BCUT2D eigenvalue weighted by atomic mass is 10.1. The minimum atomic E-state index is -0.231. The Balaban J connectivity index is 1.52. The van der Waals surface area contributed by atoms with E-state index in [1.165, 1.54) is 0 Å². The van der Waals surface area contributed by atoms with Crippen molar-refractivity contribution < 1.29 is 19.1 Å². The van der Waals surface area contributed by atoms with Crippen LogP contribution in [0.25, 0.3) is 0 Å². The second kappa shape index (κ2) is 11.3. The van der Waals surface area contributed by atoms with Crippen LogP contribution in [-0.2, 0) is 4.74 Å². The molecule has 0 saturated carbocycles. The van der Waals surface area contributed by atoms with Crippen molar-refractivity contribution >= 4 is 33.4 Å². The van der Waals surface area contributed by atoms with Gasteiger partial charge in [-0.05, 0) is 83.6 Å². The maximum absolute atomic E-state index is 12.6. The van der Waals surface area contributed by atoms with Crippen molar-refractivity contribution in [1.82, 2.24) is 5.32 Å². The molecule has 0 radical (unpaired) electrons. The van der Waals surface area contributed by atoms with Gasteiger partial charge in [-0.3, -0.25) is 9.59 Å². The number of nitrogens with one attached hydrogen (secondary N) is 2. The van der Waals surface area contributed by atoms with Crippen molar-refractivity contribution in [2.45, 2.75) is 39.2 Å². The average Bonchev–Trinajstić information content (AvgIpc) is 3.27. The first-order valence-electron chi connectivity index (χ1n) is 10.7. The summed E-state index contributed by atoms with van der Waals surface area (Å²) in [5.74, 6) is 0.911. The van der Waals surface area contributed by atoms with Crippen molar-refractivity contribution in [2.75, 3.05) is 25.1 Å². The maximum atomic E-state index is 12.6. The van der Waals surface area contributed by atoms with E-state index in [4.69, 9.17) is 9.47 Å². The van der Waals surface area contributed by atoms with E-state index in [1.54, 1.807) is 42.5 Å². The summed E-state index contributed by atoms with van der Waals surface area (Å²) in [5, 5.41) is 5.74. The van der Waals surface area contributed by atoms with E-state index < -0.39 is 0 Å². The van der Waals surface area contributed by atoms with Gasteiger partial charge in [0.15, 0.2) is 0 Å². The molecule has 0 aliphatic carbocycles. The lowest BCUT2D eigenvalue weighted by Gasteiger charge is -2.12. The molecular weight excluding hydrogens is 460 g/mol. The molecule has 31 heavy (non-hydrogen) atoms. The summed E-state index contributed by atoms with van der Waals surface area (Å²) >= 11 is 3.47. The molecule has 6 nitrogen and oxygen atoms in total. The minimum absolute atomic E-state index is 0.105. The lowest BCUT2D eigenvalue weighted by Crippen LogP contribution is -2.31. The second-order valence-electron chi connectivity index (χ2n) is 8.05. The fourth-order valence-corrected chi connectivity index (χ4v) is 3.68. The molecule has 7 heteroatoms. The summed E-state index contributed by atoms with van der Waals surface area (Å²) in [7, 11) is 0. The van der Waals surface area contributed by atoms with Gasteiger partial charge in [0.2, 0.25) is 0 Å². The van der Waals surface area contributed by atoms with Crippen LogP contribution < -0.4 is 15.4 Å². The van der Waals surface area contributed by atoms with Crippen molar-refractivity contribution in [3.8, 4) is 5.75 Å². The first-order chi connectivity index (χ1) is 14.9. The Bertz CT molecular complexity index is 893. The van der Waals surface area contributed by atoms with Crippen LogP contribution in [0.15, 0.2) is 46.9 Å². The van der Waals surface area contributed by atoms with Crippen LogP contribution in [0.4, 0.5) is 5.69 Å². The molecule has 1 saturated heterocycles. The number of halogens is 1. The molecule has 0 aromatic heterocycles. The summed E-state index contributed by atoms with van der Waals surface area (Å²) in [4.78, 5) is 24.9. The molecule has 0 spiro atoms. The second-order valence-corrected chi connectivity index (χ2v) is 8.91. The molecule has 1 heterocycles. The molecule has 1 unspecified atom stereocenters. The Morgan fingerprint density at radius 2 is 1.87 bits per heavy atom. The van der Waals surface area contributed by atoms with Crippen LogP contribution in [0, 0.1) is 5.92 Å². The molecule has 1 aliphatic rings. The number of hydrogen-bond donors (Lipinski definition) is 2. The van der Waals surface area contributed by atoms with E-state index in [9.17, 15) is 9.59 Å². The van der Waals surface area contributed by atoms with Gasteiger partial charge in [0, 0.05) is 30.0 Å². The fourth-order valence-electron chi connectivity index (χ4n) is 3.19. The predicted molar refractivity (Wildman–Crippen MR) is 125 cm³/mol. The molecule has 166 valence electrons. The molecule has 2 amide bonds. The van der Waals surface area contributed by atoms with Gasteiger partial charge >= 0.3 is 0 Å². The SMILES string of the molecule is CC(C)CCOc1ccc(C(=O)Nc2ccc(C(=O)NCC3CCCO3)cc2)cc1Br. The minimum Gasteiger partial charge on any atom is -0.492 e. The number of carbonyl (C=O) groups excluding carboxylic acids is 2. The maximum Gasteiger partial charge on any atom is 0.255 e. The molecule has 1 aliphatic heterocycles. The molecule has 3 rings (SSSR count). The van der Waals surface area contributed by atoms with Crippen LogP contribution in [0.2, 0.25) is 0 Å². The van der Waals surface area contributed by atoms with Gasteiger partial charge in [-0.1, -0.05) is 13.8 Å². The Morgan fingerprint density at radius 1 is 1.13 bits per heavy atom. The van der Waals surface area contributed by atoms with E-state index in [-0.39, 0.29) is 17.9 Å². The van der Waals surface area contributed by atoms with Crippen LogP contribution in [0.3, 0.4) is 0 Å². The highest BCUT2D eigenvalue weighted by Gasteiger charge is 2.17. The Labute approximate surface area is 191 Å². The Kier molecular flexibility index (Phi) is 8.49. The molecule has 2 N–H and O–H groups in total. The number of benzene rings is 2. The van der Waals surface area contributed by atoms with E-state index in [0.29, 0.717) is 35.9 Å². The predicted octanol–water partition coefficient (Wildman–Crippen LogP) is 5.04. The lowest BCUT2D eigenvalue weighted by molar-refractivity contribution is 0.0857. The molecule has 1 fully saturated rings. The van der Waals surface area contributed by atoms with Gasteiger partial charge < -0.3 is 20.1 Å². The van der Waals surface area contributed by atoms with Gasteiger partial charge in [-0.25, -0.2) is 0 Å². The monoisotopic (exact) mass is 488 g/mol. The molecule has 0 bridgehead atoms. The van der Waals surface area contributed by atoms with E-state index >= 15 is 0 Å². The normalized spacial score (nSPS) is 15.7. The third-order valence-corrected chi connectivity index (χ3v) is 5.69. The number of anilines is 1. The van der Waals surface area contributed by atoms with Crippen molar-refractivity contribution in [3.05, 3.63) is 58.1 Å². The summed E-state index contributed by atoms with van der Waals surface area (Å²) in [6, 6.07) is 12.1. The van der Waals surface area contributed by atoms with E-state index in [1.807, 2.05) is 0 Å². The van der Waals surface area contributed by atoms with Gasteiger partial charge in [-0.2, -0.15) is 0 Å². The van der Waals surface area contributed by atoms with Gasteiger partial charge in [0.05, 0.1) is 17.2 Å². The zero-order valence-electron chi connectivity index (χ0n) is 17.9. The van der Waals surface area contributed by atoms with Crippen molar-refractivity contribution in [3.63, 3.8) is 0 Å². The standard InChI is InChI=1S/C24H29BrN2O4/c1-16(2)11-13-31-22-10-7-18(14-21(22)25)24(29)27-19-8-5-17(6-9-19)23(28)26-15-20-4-3-12-30-20/h5-10,14,16,20H,3-4,11-13,15H2,1-2H3,(H,26,28)(H,27,29). The zero-order chi connectivity index (χ0) is 22.2. The summed E-state index contributed by atoms with van der Waals surface area (Å²) < 4.78 is 12.0. The summed E-state index contributed by atoms with van der Waals surface area (Å²) in [5.41, 5.74) is 1.68. The first-order valence-corrected chi connectivity index (χ1v) is 11.4. The molecule has 1 atom stereocenters. The molecule has 2 aromatic rings. The Hall–Kier alpha value is -2.38.